The Balaban J connectivity index is 2.10. The first-order valence-electron chi connectivity index (χ1n) is 5.59. The van der Waals surface area contributed by atoms with Crippen LogP contribution in [-0.4, -0.2) is 10.5 Å². The molecule has 0 aliphatic rings. The summed E-state index contributed by atoms with van der Waals surface area (Å²) in [6.07, 6.45) is 0. The Morgan fingerprint density at radius 2 is 1.94 bits per heavy atom. The number of carbonyl (C=O) groups excluding carboxylic acids is 1. The zero-order valence-corrected chi connectivity index (χ0v) is 11.1. The summed E-state index contributed by atoms with van der Waals surface area (Å²) >= 11 is 1.17. The summed E-state index contributed by atoms with van der Waals surface area (Å²) in [7, 11) is 0. The van der Waals surface area contributed by atoms with Gasteiger partial charge in [-0.25, -0.2) is 0 Å². The maximum atomic E-state index is 11.8. The van der Waals surface area contributed by atoms with Crippen molar-refractivity contribution in [2.75, 3.05) is 5.32 Å². The van der Waals surface area contributed by atoms with Crippen LogP contribution in [-0.2, 0) is 11.3 Å². The lowest BCUT2D eigenvalue weighted by Gasteiger charge is -2.06. The van der Waals surface area contributed by atoms with E-state index < -0.39 is 0 Å². The number of aryl methyl sites for hydroxylation is 1. The van der Waals surface area contributed by atoms with Crippen molar-refractivity contribution >= 4 is 22.9 Å². The van der Waals surface area contributed by atoms with Gasteiger partial charge in [0.1, 0.15) is 6.54 Å². The molecule has 1 amide bonds. The Kier molecular flexibility index (Phi) is 3.62. The van der Waals surface area contributed by atoms with Crippen LogP contribution in [0.4, 0.5) is 5.69 Å². The van der Waals surface area contributed by atoms with Crippen molar-refractivity contribution in [2.45, 2.75) is 20.4 Å². The van der Waals surface area contributed by atoms with Gasteiger partial charge in [-0.05, 0) is 26.0 Å². The topological polar surface area (TPSA) is 51.1 Å². The Bertz CT molecular complexity index is 614. The number of nitrogens with one attached hydrogen (secondary N) is 1. The van der Waals surface area contributed by atoms with E-state index in [0.29, 0.717) is 0 Å². The largest absolute Gasteiger partial charge is 0.325 e. The smallest absolute Gasteiger partial charge is 0.308 e. The number of thiazole rings is 1. The van der Waals surface area contributed by atoms with Crippen molar-refractivity contribution in [3.05, 3.63) is 50.6 Å². The highest BCUT2D eigenvalue weighted by Crippen LogP contribution is 2.10. The Labute approximate surface area is 109 Å². The number of carbonyl (C=O) groups is 1. The average molecular weight is 262 g/mol. The molecule has 0 fully saturated rings. The number of para-hydroxylation sites is 1. The molecule has 0 unspecified atom stereocenters. The zero-order chi connectivity index (χ0) is 13.1. The predicted molar refractivity (Wildman–Crippen MR) is 73.1 cm³/mol. The van der Waals surface area contributed by atoms with Gasteiger partial charge in [-0.3, -0.25) is 14.2 Å². The molecule has 1 aromatic heterocycles. The Hall–Kier alpha value is -1.88. The monoisotopic (exact) mass is 262 g/mol. The summed E-state index contributed by atoms with van der Waals surface area (Å²) in [5, 5.41) is 2.76. The summed E-state index contributed by atoms with van der Waals surface area (Å²) in [6.45, 7) is 3.79. The van der Waals surface area contributed by atoms with Gasteiger partial charge in [0.25, 0.3) is 0 Å². The van der Waals surface area contributed by atoms with Crippen LogP contribution in [0.1, 0.15) is 10.6 Å². The maximum Gasteiger partial charge on any atom is 0.308 e. The molecule has 0 radical (unpaired) electrons. The molecule has 0 aliphatic carbocycles. The van der Waals surface area contributed by atoms with Crippen molar-refractivity contribution in [3.8, 4) is 0 Å². The minimum Gasteiger partial charge on any atom is -0.325 e. The predicted octanol–water partition coefficient (Wildman–Crippen LogP) is 2.17. The molecule has 0 saturated heterocycles. The lowest BCUT2D eigenvalue weighted by atomic mass is 10.3. The minimum atomic E-state index is -0.191. The number of hydrogen-bond acceptors (Lipinski definition) is 3. The second-order valence-corrected chi connectivity index (χ2v) is 5.18. The normalized spacial score (nSPS) is 10.3. The van der Waals surface area contributed by atoms with Crippen LogP contribution in [0.3, 0.4) is 0 Å². The molecular weight excluding hydrogens is 248 g/mol. The van der Waals surface area contributed by atoms with E-state index in [9.17, 15) is 9.59 Å². The third-order valence-corrected chi connectivity index (χ3v) is 3.73. The highest BCUT2D eigenvalue weighted by Gasteiger charge is 2.11. The van der Waals surface area contributed by atoms with Crippen LogP contribution in [0.15, 0.2) is 35.1 Å². The van der Waals surface area contributed by atoms with Gasteiger partial charge in [-0.2, -0.15) is 0 Å². The van der Waals surface area contributed by atoms with Crippen molar-refractivity contribution in [3.63, 3.8) is 0 Å². The van der Waals surface area contributed by atoms with E-state index in [1.54, 1.807) is 0 Å². The molecule has 0 atom stereocenters. The lowest BCUT2D eigenvalue weighted by molar-refractivity contribution is -0.116. The van der Waals surface area contributed by atoms with Gasteiger partial charge in [0.05, 0.1) is 0 Å². The van der Waals surface area contributed by atoms with Gasteiger partial charge in [-0.15, -0.1) is 0 Å². The SMILES string of the molecule is Cc1sc(=O)n(CC(=O)Nc2ccccc2)c1C. The van der Waals surface area contributed by atoms with Gasteiger partial charge in [0, 0.05) is 16.3 Å². The molecule has 0 bridgehead atoms. The first kappa shape index (κ1) is 12.6. The van der Waals surface area contributed by atoms with E-state index >= 15 is 0 Å². The zero-order valence-electron chi connectivity index (χ0n) is 10.3. The highest BCUT2D eigenvalue weighted by molar-refractivity contribution is 7.09. The quantitative estimate of drug-likeness (QED) is 0.921. The van der Waals surface area contributed by atoms with Crippen molar-refractivity contribution in [2.24, 2.45) is 0 Å². The molecule has 1 aromatic carbocycles. The van der Waals surface area contributed by atoms with E-state index in [4.69, 9.17) is 0 Å². The summed E-state index contributed by atoms with van der Waals surface area (Å²) in [4.78, 5) is 24.3. The number of amides is 1. The number of nitrogens with zero attached hydrogens (tertiary/aromatic N) is 1. The molecule has 1 N–H and O–H groups in total. The second-order valence-electron chi connectivity index (χ2n) is 4.01. The van der Waals surface area contributed by atoms with Gasteiger partial charge in [-0.1, -0.05) is 29.5 Å². The maximum absolute atomic E-state index is 11.8. The molecule has 0 aliphatic heterocycles. The molecular formula is C13H14N2O2S. The number of aromatic nitrogens is 1. The fourth-order valence-corrected chi connectivity index (χ4v) is 2.47. The van der Waals surface area contributed by atoms with Crippen LogP contribution < -0.4 is 10.2 Å². The fourth-order valence-electron chi connectivity index (χ4n) is 1.64. The van der Waals surface area contributed by atoms with Crippen LogP contribution in [0.2, 0.25) is 0 Å². The van der Waals surface area contributed by atoms with Crippen LogP contribution >= 0.6 is 11.3 Å². The average Bonchev–Trinajstić information content (AvgIpc) is 2.57. The van der Waals surface area contributed by atoms with E-state index in [1.807, 2.05) is 44.2 Å². The fraction of sp³-hybridized carbons (Fsp3) is 0.231. The third-order valence-electron chi connectivity index (χ3n) is 2.73. The van der Waals surface area contributed by atoms with E-state index in [-0.39, 0.29) is 17.3 Å². The summed E-state index contributed by atoms with van der Waals surface area (Å²) in [5.74, 6) is -0.191. The summed E-state index contributed by atoms with van der Waals surface area (Å²) < 4.78 is 1.50. The lowest BCUT2D eigenvalue weighted by Crippen LogP contribution is -2.25. The standard InChI is InChI=1S/C13H14N2O2S/c1-9-10(2)18-13(17)15(9)8-12(16)14-11-6-4-3-5-7-11/h3-7H,8H2,1-2H3,(H,14,16). The molecule has 2 aromatic rings. The van der Waals surface area contributed by atoms with Crippen molar-refractivity contribution < 1.29 is 4.79 Å². The van der Waals surface area contributed by atoms with E-state index in [2.05, 4.69) is 5.32 Å². The van der Waals surface area contributed by atoms with Gasteiger partial charge in [0.15, 0.2) is 0 Å². The van der Waals surface area contributed by atoms with Crippen LogP contribution in [0, 0.1) is 13.8 Å². The van der Waals surface area contributed by atoms with Crippen LogP contribution in [0.5, 0.6) is 0 Å². The van der Waals surface area contributed by atoms with Gasteiger partial charge >= 0.3 is 4.87 Å². The van der Waals surface area contributed by atoms with E-state index in [1.165, 1.54) is 15.9 Å². The van der Waals surface area contributed by atoms with Crippen molar-refractivity contribution in [1.29, 1.82) is 0 Å². The third kappa shape index (κ3) is 2.68. The Morgan fingerprint density at radius 3 is 2.50 bits per heavy atom. The first-order valence-corrected chi connectivity index (χ1v) is 6.41. The number of benzene rings is 1. The highest BCUT2D eigenvalue weighted by atomic mass is 32.1. The molecule has 18 heavy (non-hydrogen) atoms. The molecule has 0 spiro atoms. The molecule has 0 saturated carbocycles. The minimum absolute atomic E-state index is 0.0594. The van der Waals surface area contributed by atoms with Gasteiger partial charge in [0.2, 0.25) is 5.91 Å². The van der Waals surface area contributed by atoms with Gasteiger partial charge < -0.3 is 5.32 Å². The number of rotatable bonds is 3. The number of hydrogen-bond donors (Lipinski definition) is 1. The number of anilines is 1. The molecule has 2 rings (SSSR count). The summed E-state index contributed by atoms with van der Waals surface area (Å²) in [6, 6.07) is 9.20. The van der Waals surface area contributed by atoms with Crippen molar-refractivity contribution in [1.82, 2.24) is 4.57 Å². The van der Waals surface area contributed by atoms with Crippen LogP contribution in [0.25, 0.3) is 0 Å². The first-order chi connectivity index (χ1) is 8.58. The molecule has 94 valence electrons. The van der Waals surface area contributed by atoms with E-state index in [0.717, 1.165) is 16.3 Å². The molecule has 4 nitrogen and oxygen atoms in total. The molecule has 5 heteroatoms. The summed E-state index contributed by atoms with van der Waals surface area (Å²) in [5.41, 5.74) is 1.59. The Morgan fingerprint density at radius 1 is 1.28 bits per heavy atom. The molecule has 1 heterocycles. The second kappa shape index (κ2) is 5.18.